The fourth-order valence-corrected chi connectivity index (χ4v) is 2.76. The Morgan fingerprint density at radius 2 is 1.82 bits per heavy atom. The van der Waals surface area contributed by atoms with Gasteiger partial charge in [0.25, 0.3) is 0 Å². The molecule has 0 aliphatic heterocycles. The van der Waals surface area contributed by atoms with E-state index in [4.69, 9.17) is 4.74 Å². The molecule has 0 bridgehead atoms. The van der Waals surface area contributed by atoms with Gasteiger partial charge in [-0.2, -0.15) is 4.98 Å². The molecule has 140 valence electrons. The van der Waals surface area contributed by atoms with Crippen LogP contribution in [0.15, 0.2) is 73.4 Å². The number of ether oxygens (including phenoxy) is 1. The lowest BCUT2D eigenvalue weighted by atomic mass is 10.2. The summed E-state index contributed by atoms with van der Waals surface area (Å²) in [6.07, 6.45) is 6.78. The number of para-hydroxylation sites is 1. The van der Waals surface area contributed by atoms with Crippen LogP contribution in [0.4, 0.5) is 11.6 Å². The summed E-state index contributed by atoms with van der Waals surface area (Å²) in [4.78, 5) is 12.8. The maximum absolute atomic E-state index is 6.03. The summed E-state index contributed by atoms with van der Waals surface area (Å²) in [5.41, 5.74) is 3.62. The Balaban J connectivity index is 1.51. The highest BCUT2D eigenvalue weighted by molar-refractivity contribution is 5.58. The molecule has 4 rings (SSSR count). The number of hydrogen-bond donors (Lipinski definition) is 1. The largest absolute Gasteiger partial charge is 0.484 e. The van der Waals surface area contributed by atoms with Crippen LogP contribution in [0.2, 0.25) is 0 Å². The van der Waals surface area contributed by atoms with Crippen molar-refractivity contribution in [2.45, 2.75) is 20.0 Å². The van der Waals surface area contributed by atoms with Gasteiger partial charge in [0.1, 0.15) is 18.2 Å². The lowest BCUT2D eigenvalue weighted by Gasteiger charge is -2.16. The van der Waals surface area contributed by atoms with Crippen LogP contribution in [0.25, 0.3) is 5.69 Å². The van der Waals surface area contributed by atoms with Crippen LogP contribution >= 0.6 is 0 Å². The van der Waals surface area contributed by atoms with Gasteiger partial charge in [-0.25, -0.2) is 4.68 Å². The lowest BCUT2D eigenvalue weighted by Crippen LogP contribution is -2.05. The van der Waals surface area contributed by atoms with Gasteiger partial charge in [-0.05, 0) is 43.7 Å². The molecule has 0 saturated heterocycles. The Kier molecular flexibility index (Phi) is 4.97. The van der Waals surface area contributed by atoms with Gasteiger partial charge in [0.05, 0.1) is 23.3 Å². The third kappa shape index (κ3) is 3.98. The summed E-state index contributed by atoms with van der Waals surface area (Å²) in [6.45, 7) is 3.91. The molecule has 0 fully saturated rings. The minimum Gasteiger partial charge on any atom is -0.484 e. The summed E-state index contributed by atoms with van der Waals surface area (Å²) in [5, 5.41) is 7.69. The van der Waals surface area contributed by atoms with Crippen LogP contribution in [0.1, 0.15) is 24.3 Å². The monoisotopic (exact) mass is 372 g/mol. The van der Waals surface area contributed by atoms with Crippen LogP contribution in [-0.2, 0) is 0 Å². The second-order valence-corrected chi connectivity index (χ2v) is 6.32. The SMILES string of the molecule is Cc1ncc(OC(C)c2ccncc2)cc1Nc1ncn(-c2ccccc2)n1. The predicted octanol–water partition coefficient (Wildman–Crippen LogP) is 4.25. The Morgan fingerprint density at radius 3 is 2.61 bits per heavy atom. The molecule has 4 aromatic rings. The molecule has 7 nitrogen and oxygen atoms in total. The van der Waals surface area contributed by atoms with Gasteiger partial charge in [-0.1, -0.05) is 18.2 Å². The molecule has 3 heterocycles. The maximum Gasteiger partial charge on any atom is 0.247 e. The number of hydrogen-bond acceptors (Lipinski definition) is 6. The summed E-state index contributed by atoms with van der Waals surface area (Å²) in [5.74, 6) is 1.16. The van der Waals surface area contributed by atoms with Crippen molar-refractivity contribution in [3.63, 3.8) is 0 Å². The number of aromatic nitrogens is 5. The molecule has 1 N–H and O–H groups in total. The highest BCUT2D eigenvalue weighted by Crippen LogP contribution is 2.26. The lowest BCUT2D eigenvalue weighted by molar-refractivity contribution is 0.226. The van der Waals surface area contributed by atoms with Gasteiger partial charge in [0, 0.05) is 18.5 Å². The zero-order valence-corrected chi connectivity index (χ0v) is 15.6. The van der Waals surface area contributed by atoms with Gasteiger partial charge in [0.2, 0.25) is 5.95 Å². The first-order valence-corrected chi connectivity index (χ1v) is 8.96. The maximum atomic E-state index is 6.03. The van der Waals surface area contributed by atoms with Crippen molar-refractivity contribution < 1.29 is 4.74 Å². The quantitative estimate of drug-likeness (QED) is 0.545. The average molecular weight is 372 g/mol. The minimum absolute atomic E-state index is 0.115. The first kappa shape index (κ1) is 17.7. The first-order valence-electron chi connectivity index (χ1n) is 8.96. The normalized spacial score (nSPS) is 11.8. The Hall–Kier alpha value is -3.74. The number of pyridine rings is 2. The molecule has 0 amide bonds. The van der Waals surface area contributed by atoms with Crippen molar-refractivity contribution in [2.24, 2.45) is 0 Å². The zero-order chi connectivity index (χ0) is 19.3. The van der Waals surface area contributed by atoms with Crippen LogP contribution in [0.3, 0.4) is 0 Å². The van der Waals surface area contributed by atoms with Crippen LogP contribution in [0.5, 0.6) is 5.75 Å². The fraction of sp³-hybridized carbons (Fsp3) is 0.143. The van der Waals surface area contributed by atoms with E-state index in [-0.39, 0.29) is 6.10 Å². The van der Waals surface area contributed by atoms with E-state index in [0.717, 1.165) is 22.6 Å². The molecule has 0 aliphatic rings. The second-order valence-electron chi connectivity index (χ2n) is 6.32. The molecule has 1 unspecified atom stereocenters. The Bertz CT molecular complexity index is 1050. The molecule has 0 saturated carbocycles. The van der Waals surface area contributed by atoms with Crippen LogP contribution in [0, 0.1) is 6.92 Å². The molecular formula is C21H20N6O. The van der Waals surface area contributed by atoms with Crippen molar-refractivity contribution in [2.75, 3.05) is 5.32 Å². The summed E-state index contributed by atoms with van der Waals surface area (Å²) in [6, 6.07) is 15.6. The minimum atomic E-state index is -0.115. The van der Waals surface area contributed by atoms with Crippen molar-refractivity contribution >= 4 is 11.6 Å². The molecule has 0 aliphatic carbocycles. The number of benzene rings is 1. The predicted molar refractivity (Wildman–Crippen MR) is 107 cm³/mol. The van der Waals surface area contributed by atoms with E-state index in [0.29, 0.717) is 11.7 Å². The topological polar surface area (TPSA) is 77.8 Å². The van der Waals surface area contributed by atoms with Crippen molar-refractivity contribution in [3.8, 4) is 11.4 Å². The third-order valence-corrected chi connectivity index (χ3v) is 4.31. The highest BCUT2D eigenvalue weighted by atomic mass is 16.5. The molecule has 7 heteroatoms. The molecule has 3 aromatic heterocycles. The molecule has 28 heavy (non-hydrogen) atoms. The van der Waals surface area contributed by atoms with Crippen LogP contribution in [-0.4, -0.2) is 24.7 Å². The third-order valence-electron chi connectivity index (χ3n) is 4.31. The Morgan fingerprint density at radius 1 is 1.04 bits per heavy atom. The van der Waals surface area contributed by atoms with E-state index in [1.165, 1.54) is 0 Å². The molecule has 0 radical (unpaired) electrons. The second kappa shape index (κ2) is 7.87. The molecule has 1 atom stereocenters. The van der Waals surface area contributed by atoms with Crippen molar-refractivity contribution in [1.29, 1.82) is 0 Å². The number of nitrogens with zero attached hydrogens (tertiary/aromatic N) is 5. The van der Waals surface area contributed by atoms with Gasteiger partial charge in [0.15, 0.2) is 0 Å². The van der Waals surface area contributed by atoms with Gasteiger partial charge < -0.3 is 10.1 Å². The van der Waals surface area contributed by atoms with Crippen molar-refractivity contribution in [1.82, 2.24) is 24.7 Å². The highest BCUT2D eigenvalue weighted by Gasteiger charge is 2.11. The van der Waals surface area contributed by atoms with Gasteiger partial charge in [-0.3, -0.25) is 9.97 Å². The summed E-state index contributed by atoms with van der Waals surface area (Å²) < 4.78 is 7.75. The van der Waals surface area contributed by atoms with Crippen LogP contribution < -0.4 is 10.1 Å². The van der Waals surface area contributed by atoms with E-state index >= 15 is 0 Å². The number of nitrogens with one attached hydrogen (secondary N) is 1. The zero-order valence-electron chi connectivity index (χ0n) is 15.6. The first-order chi connectivity index (χ1) is 13.7. The van der Waals surface area contributed by atoms with Gasteiger partial charge >= 0.3 is 0 Å². The number of rotatable bonds is 6. The van der Waals surface area contributed by atoms with E-state index in [2.05, 4.69) is 25.4 Å². The molecule has 1 aromatic carbocycles. The standard InChI is InChI=1S/C21H20N6O/c1-15-20(25-21-24-14-27(26-21)18-6-4-3-5-7-18)12-19(13-23-15)28-16(2)17-8-10-22-11-9-17/h3-14,16H,1-2H3,(H,25,26). The summed E-state index contributed by atoms with van der Waals surface area (Å²) >= 11 is 0. The molecule has 0 spiro atoms. The van der Waals surface area contributed by atoms with E-state index in [1.54, 1.807) is 29.6 Å². The van der Waals surface area contributed by atoms with Gasteiger partial charge in [-0.15, -0.1) is 5.10 Å². The van der Waals surface area contributed by atoms with E-state index in [1.807, 2.05) is 62.4 Å². The average Bonchev–Trinajstić information content (AvgIpc) is 3.20. The summed E-state index contributed by atoms with van der Waals surface area (Å²) in [7, 11) is 0. The number of anilines is 2. The molecular weight excluding hydrogens is 352 g/mol. The van der Waals surface area contributed by atoms with E-state index < -0.39 is 0 Å². The fourth-order valence-electron chi connectivity index (χ4n) is 2.76. The number of aryl methyl sites for hydroxylation is 1. The van der Waals surface area contributed by atoms with Crippen molar-refractivity contribution in [3.05, 3.63) is 84.7 Å². The smallest absolute Gasteiger partial charge is 0.247 e. The Labute approximate surface area is 163 Å². The van der Waals surface area contributed by atoms with E-state index in [9.17, 15) is 0 Å².